The minimum atomic E-state index is -1.01. The molecule has 0 saturated heterocycles. The fraction of sp³-hybridized carbons (Fsp3) is 0.444. The van der Waals surface area contributed by atoms with Crippen molar-refractivity contribution in [1.29, 1.82) is 0 Å². The van der Waals surface area contributed by atoms with Crippen LogP contribution in [0.15, 0.2) is 10.7 Å². The number of nitrogens with two attached hydrogens (primary N) is 1. The maximum absolute atomic E-state index is 10.2. The Morgan fingerprint density at radius 1 is 1.62 bits per heavy atom. The Balaban J connectivity index is 0.000000293. The van der Waals surface area contributed by atoms with Crippen LogP contribution in [0.5, 0.6) is 0 Å². The van der Waals surface area contributed by atoms with E-state index in [0.717, 1.165) is 6.54 Å². The van der Waals surface area contributed by atoms with Crippen LogP contribution in [-0.4, -0.2) is 35.2 Å². The number of nitrogens with one attached hydrogen (secondary N) is 1. The van der Waals surface area contributed by atoms with Crippen molar-refractivity contribution in [2.24, 2.45) is 5.73 Å². The number of rotatable bonds is 4. The molecule has 1 aromatic rings. The fourth-order valence-electron chi connectivity index (χ4n) is 0.752. The number of likely N-dealkylation sites (N-methyl/N-ethyl adjacent to an activating group) is 1. The number of carbonyl (C=O) groups is 2. The second kappa shape index (κ2) is 7.41. The van der Waals surface area contributed by atoms with Gasteiger partial charge in [-0.25, -0.2) is 4.79 Å². The van der Waals surface area contributed by atoms with Crippen LogP contribution in [0.3, 0.4) is 0 Å². The lowest BCUT2D eigenvalue weighted by Crippen LogP contribution is -2.28. The number of aryl methyl sites for hydroxylation is 1. The third kappa shape index (κ3) is 5.76. The van der Waals surface area contributed by atoms with Crippen molar-refractivity contribution in [3.05, 3.63) is 17.5 Å². The fourth-order valence-corrected chi connectivity index (χ4v) is 0.752. The molecule has 1 rings (SSSR count). The third-order valence-corrected chi connectivity index (χ3v) is 1.53. The molecule has 1 amide bonds. The number of carboxylic acid groups (broad SMARTS) is 1. The van der Waals surface area contributed by atoms with E-state index >= 15 is 0 Å². The van der Waals surface area contributed by atoms with E-state index in [1.54, 1.807) is 6.92 Å². The third-order valence-electron chi connectivity index (χ3n) is 1.53. The second-order valence-corrected chi connectivity index (χ2v) is 2.85. The van der Waals surface area contributed by atoms with Crippen LogP contribution < -0.4 is 11.1 Å². The molecular formula is C9H15N3O4. The zero-order chi connectivity index (χ0) is 12.6. The van der Waals surface area contributed by atoms with Gasteiger partial charge in [-0.3, -0.25) is 4.79 Å². The molecule has 0 aliphatic rings. The SMILES string of the molecule is CCNCC(N)=O.Cc1oncc1C(=O)O. The van der Waals surface area contributed by atoms with E-state index < -0.39 is 5.97 Å². The van der Waals surface area contributed by atoms with Crippen molar-refractivity contribution in [3.8, 4) is 0 Å². The highest BCUT2D eigenvalue weighted by Crippen LogP contribution is 2.03. The van der Waals surface area contributed by atoms with Crippen LogP contribution in [0.25, 0.3) is 0 Å². The number of primary amides is 1. The van der Waals surface area contributed by atoms with Crippen LogP contribution in [0, 0.1) is 6.92 Å². The topological polar surface area (TPSA) is 118 Å². The standard InChI is InChI=1S/C5H5NO3.C4H10N2O/c1-3-4(5(7)8)2-6-9-3;1-2-6-3-4(5)7/h2H,1H3,(H,7,8);6H,2-3H2,1H3,(H2,5,7). The summed E-state index contributed by atoms with van der Waals surface area (Å²) in [7, 11) is 0. The molecule has 90 valence electrons. The molecule has 4 N–H and O–H groups in total. The van der Waals surface area contributed by atoms with Crippen molar-refractivity contribution in [3.63, 3.8) is 0 Å². The van der Waals surface area contributed by atoms with Gasteiger partial charge in [-0.05, 0) is 13.5 Å². The zero-order valence-electron chi connectivity index (χ0n) is 9.19. The summed E-state index contributed by atoms with van der Waals surface area (Å²) in [5, 5.41) is 14.4. The van der Waals surface area contributed by atoms with Gasteiger partial charge in [0, 0.05) is 0 Å². The van der Waals surface area contributed by atoms with Crippen LogP contribution in [0.2, 0.25) is 0 Å². The Hall–Kier alpha value is -1.89. The van der Waals surface area contributed by atoms with Gasteiger partial charge in [0.25, 0.3) is 0 Å². The number of amides is 1. The molecule has 16 heavy (non-hydrogen) atoms. The van der Waals surface area contributed by atoms with Crippen molar-refractivity contribution >= 4 is 11.9 Å². The normalized spacial score (nSPS) is 9.12. The average molecular weight is 229 g/mol. The van der Waals surface area contributed by atoms with E-state index in [1.165, 1.54) is 6.20 Å². The van der Waals surface area contributed by atoms with Gasteiger partial charge in [0.2, 0.25) is 5.91 Å². The number of carbonyl (C=O) groups excluding carboxylic acids is 1. The number of nitrogens with zero attached hydrogens (tertiary/aromatic N) is 1. The smallest absolute Gasteiger partial charge is 0.340 e. The van der Waals surface area contributed by atoms with E-state index in [9.17, 15) is 9.59 Å². The second-order valence-electron chi connectivity index (χ2n) is 2.85. The van der Waals surface area contributed by atoms with E-state index in [-0.39, 0.29) is 18.0 Å². The molecule has 0 aliphatic carbocycles. The van der Waals surface area contributed by atoms with E-state index in [1.807, 2.05) is 6.92 Å². The van der Waals surface area contributed by atoms with Crippen molar-refractivity contribution in [1.82, 2.24) is 10.5 Å². The van der Waals surface area contributed by atoms with E-state index in [0.29, 0.717) is 5.76 Å². The van der Waals surface area contributed by atoms with E-state index in [2.05, 4.69) is 15.0 Å². The molecule has 0 aliphatic heterocycles. The lowest BCUT2D eigenvalue weighted by atomic mass is 10.3. The molecule has 0 radical (unpaired) electrons. The highest BCUT2D eigenvalue weighted by molar-refractivity contribution is 5.88. The molecule has 0 bridgehead atoms. The Labute approximate surface area is 92.6 Å². The average Bonchev–Trinajstić information content (AvgIpc) is 2.62. The molecule has 7 nitrogen and oxygen atoms in total. The summed E-state index contributed by atoms with van der Waals surface area (Å²) in [6.07, 6.45) is 1.18. The summed E-state index contributed by atoms with van der Waals surface area (Å²) < 4.78 is 4.49. The monoisotopic (exact) mass is 229 g/mol. The maximum Gasteiger partial charge on any atom is 0.340 e. The van der Waals surface area contributed by atoms with Crippen LogP contribution >= 0.6 is 0 Å². The number of hydrogen-bond donors (Lipinski definition) is 3. The zero-order valence-corrected chi connectivity index (χ0v) is 9.19. The Morgan fingerprint density at radius 3 is 2.44 bits per heavy atom. The lowest BCUT2D eigenvalue weighted by Gasteiger charge is -1.91. The predicted molar refractivity (Wildman–Crippen MR) is 55.9 cm³/mol. The van der Waals surface area contributed by atoms with Crippen LogP contribution in [0.1, 0.15) is 23.0 Å². The minimum Gasteiger partial charge on any atom is -0.478 e. The van der Waals surface area contributed by atoms with Crippen molar-refractivity contribution in [2.75, 3.05) is 13.1 Å². The molecule has 7 heteroatoms. The molecule has 1 heterocycles. The van der Waals surface area contributed by atoms with Crippen LogP contribution in [0.4, 0.5) is 0 Å². The Kier molecular flexibility index (Phi) is 6.53. The van der Waals surface area contributed by atoms with Gasteiger partial charge in [0.15, 0.2) is 0 Å². The summed E-state index contributed by atoms with van der Waals surface area (Å²) in [6.45, 7) is 4.55. The van der Waals surface area contributed by atoms with Gasteiger partial charge in [-0.1, -0.05) is 12.1 Å². The first-order valence-electron chi connectivity index (χ1n) is 4.62. The minimum absolute atomic E-state index is 0.120. The molecule has 0 saturated carbocycles. The first-order chi connectivity index (χ1) is 7.49. The van der Waals surface area contributed by atoms with Gasteiger partial charge in [0.1, 0.15) is 11.3 Å². The Bertz CT molecular complexity index is 348. The summed E-state index contributed by atoms with van der Waals surface area (Å²) in [6, 6.07) is 0. The number of carboxylic acids is 1. The summed E-state index contributed by atoms with van der Waals surface area (Å²) >= 11 is 0. The Morgan fingerprint density at radius 2 is 2.25 bits per heavy atom. The largest absolute Gasteiger partial charge is 0.478 e. The molecule has 0 unspecified atom stereocenters. The van der Waals surface area contributed by atoms with Gasteiger partial charge >= 0.3 is 5.97 Å². The van der Waals surface area contributed by atoms with Crippen molar-refractivity contribution < 1.29 is 19.2 Å². The van der Waals surface area contributed by atoms with Gasteiger partial charge in [-0.15, -0.1) is 0 Å². The first kappa shape index (κ1) is 14.1. The molecule has 0 atom stereocenters. The summed E-state index contributed by atoms with van der Waals surface area (Å²) in [4.78, 5) is 20.1. The van der Waals surface area contributed by atoms with Gasteiger partial charge in [-0.2, -0.15) is 0 Å². The quantitative estimate of drug-likeness (QED) is 0.655. The predicted octanol–water partition coefficient (Wildman–Crippen LogP) is -0.238. The van der Waals surface area contributed by atoms with Crippen molar-refractivity contribution in [2.45, 2.75) is 13.8 Å². The van der Waals surface area contributed by atoms with E-state index in [4.69, 9.17) is 10.8 Å². The highest BCUT2D eigenvalue weighted by atomic mass is 16.5. The van der Waals surface area contributed by atoms with Gasteiger partial charge < -0.3 is 20.7 Å². The molecular weight excluding hydrogens is 214 g/mol. The van der Waals surface area contributed by atoms with Gasteiger partial charge in [0.05, 0.1) is 12.7 Å². The molecule has 0 spiro atoms. The summed E-state index contributed by atoms with van der Waals surface area (Å²) in [5.41, 5.74) is 4.90. The van der Waals surface area contributed by atoms with Crippen LogP contribution in [-0.2, 0) is 4.79 Å². The molecule has 0 aromatic carbocycles. The highest BCUT2D eigenvalue weighted by Gasteiger charge is 2.09. The molecule has 0 fully saturated rings. The first-order valence-corrected chi connectivity index (χ1v) is 4.62. The molecule has 1 aromatic heterocycles. The maximum atomic E-state index is 10.2. The number of hydrogen-bond acceptors (Lipinski definition) is 5. The lowest BCUT2D eigenvalue weighted by molar-refractivity contribution is -0.117. The number of aromatic nitrogens is 1. The summed E-state index contributed by atoms with van der Waals surface area (Å²) in [5.74, 6) is -0.974. The number of aromatic carboxylic acids is 1.